The lowest BCUT2D eigenvalue weighted by atomic mass is 10.3. The van der Waals surface area contributed by atoms with Crippen LogP contribution in [0.15, 0.2) is 66.9 Å². The van der Waals surface area contributed by atoms with Gasteiger partial charge in [-0.2, -0.15) is 0 Å². The van der Waals surface area contributed by atoms with Crippen LogP contribution < -0.4 is 20.1 Å². The average Bonchev–Trinajstić information content (AvgIpc) is 2.71. The molecule has 0 aliphatic carbocycles. The molecule has 0 bridgehead atoms. The second kappa shape index (κ2) is 9.62. The van der Waals surface area contributed by atoms with E-state index in [4.69, 9.17) is 21.1 Å². The van der Waals surface area contributed by atoms with Crippen LogP contribution in [0, 0.1) is 0 Å². The zero-order chi connectivity index (χ0) is 19.8. The monoisotopic (exact) mass is 397 g/mol. The van der Waals surface area contributed by atoms with Crippen LogP contribution in [0.5, 0.6) is 11.5 Å². The van der Waals surface area contributed by atoms with Crippen LogP contribution in [-0.2, 0) is 4.79 Å². The maximum atomic E-state index is 12.0. The molecule has 1 heterocycles. The van der Waals surface area contributed by atoms with Gasteiger partial charge in [0.05, 0.1) is 24.2 Å². The van der Waals surface area contributed by atoms with E-state index in [0.29, 0.717) is 28.9 Å². The fourth-order valence-corrected chi connectivity index (χ4v) is 2.53. The Labute approximate surface area is 168 Å². The molecule has 3 rings (SSSR count). The molecule has 0 saturated heterocycles. The van der Waals surface area contributed by atoms with Crippen molar-refractivity contribution < 1.29 is 14.3 Å². The van der Waals surface area contributed by atoms with Crippen molar-refractivity contribution in [2.24, 2.45) is 0 Å². The first kappa shape index (κ1) is 19.5. The number of carbonyl (C=O) groups excluding carboxylic acids is 1. The Hall–Kier alpha value is -3.25. The van der Waals surface area contributed by atoms with E-state index >= 15 is 0 Å². The van der Waals surface area contributed by atoms with E-state index in [2.05, 4.69) is 15.6 Å². The molecular formula is C21H20ClN3O3. The number of anilines is 3. The minimum Gasteiger partial charge on any atom is -0.492 e. The van der Waals surface area contributed by atoms with Gasteiger partial charge in [-0.25, -0.2) is 4.98 Å². The number of pyridine rings is 1. The molecule has 6 nitrogen and oxygen atoms in total. The Morgan fingerprint density at radius 3 is 2.54 bits per heavy atom. The summed E-state index contributed by atoms with van der Waals surface area (Å²) < 4.78 is 11.0. The summed E-state index contributed by atoms with van der Waals surface area (Å²) in [5.41, 5.74) is 1.40. The van der Waals surface area contributed by atoms with Crippen molar-refractivity contribution in [3.63, 3.8) is 0 Å². The summed E-state index contributed by atoms with van der Waals surface area (Å²) in [6.45, 7) is 2.40. The predicted molar refractivity (Wildman–Crippen MR) is 111 cm³/mol. The number of nitrogens with one attached hydrogen (secondary N) is 2. The second-order valence-electron chi connectivity index (χ2n) is 5.78. The molecule has 2 N–H and O–H groups in total. The third-order valence-corrected chi connectivity index (χ3v) is 3.93. The standard InChI is InChI=1S/C21H20ClN3O3/c1-2-27-19-6-4-3-5-18(19)25-20-12-9-16(13-23-20)24-21(26)14-28-17-10-7-15(22)8-11-17/h3-13H,2,14H2,1H3,(H,23,25)(H,24,26). The van der Waals surface area contributed by atoms with E-state index in [9.17, 15) is 4.79 Å². The maximum absolute atomic E-state index is 12.0. The van der Waals surface area contributed by atoms with Crippen LogP contribution >= 0.6 is 11.6 Å². The van der Waals surface area contributed by atoms with Gasteiger partial charge in [-0.15, -0.1) is 0 Å². The summed E-state index contributed by atoms with van der Waals surface area (Å²) in [5.74, 6) is 1.69. The lowest BCUT2D eigenvalue weighted by Gasteiger charge is -2.12. The highest BCUT2D eigenvalue weighted by molar-refractivity contribution is 6.30. The minimum atomic E-state index is -0.279. The molecule has 3 aromatic rings. The third kappa shape index (κ3) is 5.62. The smallest absolute Gasteiger partial charge is 0.262 e. The highest BCUT2D eigenvalue weighted by Crippen LogP contribution is 2.26. The average molecular weight is 398 g/mol. The summed E-state index contributed by atoms with van der Waals surface area (Å²) in [7, 11) is 0. The van der Waals surface area contributed by atoms with Gasteiger partial charge in [0.2, 0.25) is 0 Å². The van der Waals surface area contributed by atoms with Crippen LogP contribution in [0.2, 0.25) is 5.02 Å². The molecular weight excluding hydrogens is 378 g/mol. The number of aromatic nitrogens is 1. The number of hydrogen-bond acceptors (Lipinski definition) is 5. The summed E-state index contributed by atoms with van der Waals surface area (Å²) in [5, 5.41) is 6.56. The van der Waals surface area contributed by atoms with Crippen molar-refractivity contribution in [3.05, 3.63) is 71.9 Å². The van der Waals surface area contributed by atoms with Crippen molar-refractivity contribution >= 4 is 34.7 Å². The van der Waals surface area contributed by atoms with E-state index < -0.39 is 0 Å². The highest BCUT2D eigenvalue weighted by atomic mass is 35.5. The molecule has 2 aromatic carbocycles. The van der Waals surface area contributed by atoms with E-state index in [1.165, 1.54) is 0 Å². The van der Waals surface area contributed by atoms with Crippen molar-refractivity contribution in [2.75, 3.05) is 23.8 Å². The van der Waals surface area contributed by atoms with Gasteiger partial charge in [-0.1, -0.05) is 23.7 Å². The first-order valence-electron chi connectivity index (χ1n) is 8.77. The van der Waals surface area contributed by atoms with E-state index in [1.54, 1.807) is 42.6 Å². The zero-order valence-corrected chi connectivity index (χ0v) is 16.1. The van der Waals surface area contributed by atoms with Crippen molar-refractivity contribution in [3.8, 4) is 11.5 Å². The van der Waals surface area contributed by atoms with Crippen LogP contribution in [-0.4, -0.2) is 24.1 Å². The Morgan fingerprint density at radius 1 is 1.04 bits per heavy atom. The Bertz CT molecular complexity index is 915. The summed E-state index contributed by atoms with van der Waals surface area (Å²) in [6, 6.07) is 18.0. The molecule has 7 heteroatoms. The molecule has 0 spiro atoms. The molecule has 0 saturated carbocycles. The summed E-state index contributed by atoms with van der Waals surface area (Å²) in [4.78, 5) is 16.3. The first-order valence-corrected chi connectivity index (χ1v) is 9.15. The molecule has 0 aliphatic heterocycles. The molecule has 0 aliphatic rings. The predicted octanol–water partition coefficient (Wildman–Crippen LogP) is 4.89. The normalized spacial score (nSPS) is 10.2. The number of benzene rings is 2. The number of ether oxygens (including phenoxy) is 2. The van der Waals surface area contributed by atoms with Gasteiger partial charge in [-0.05, 0) is 55.5 Å². The quantitative estimate of drug-likeness (QED) is 0.566. The maximum Gasteiger partial charge on any atom is 0.262 e. The fourth-order valence-electron chi connectivity index (χ4n) is 2.41. The lowest BCUT2D eigenvalue weighted by Crippen LogP contribution is -2.20. The molecule has 1 aromatic heterocycles. The van der Waals surface area contributed by atoms with Gasteiger partial charge in [0.25, 0.3) is 5.91 Å². The number of amides is 1. The Balaban J connectivity index is 1.54. The number of rotatable bonds is 8. The van der Waals surface area contributed by atoms with Gasteiger partial charge < -0.3 is 20.1 Å². The van der Waals surface area contributed by atoms with Gasteiger partial charge in [0, 0.05) is 5.02 Å². The molecule has 144 valence electrons. The van der Waals surface area contributed by atoms with Crippen LogP contribution in [0.4, 0.5) is 17.2 Å². The Morgan fingerprint density at radius 2 is 1.82 bits per heavy atom. The van der Waals surface area contributed by atoms with Crippen LogP contribution in [0.1, 0.15) is 6.92 Å². The number of nitrogens with zero attached hydrogens (tertiary/aromatic N) is 1. The lowest BCUT2D eigenvalue weighted by molar-refractivity contribution is -0.118. The fraction of sp³-hybridized carbons (Fsp3) is 0.143. The highest BCUT2D eigenvalue weighted by Gasteiger charge is 2.06. The molecule has 28 heavy (non-hydrogen) atoms. The minimum absolute atomic E-state index is 0.108. The van der Waals surface area contributed by atoms with E-state index in [-0.39, 0.29) is 12.5 Å². The Kier molecular flexibility index (Phi) is 6.70. The molecule has 0 fully saturated rings. The zero-order valence-electron chi connectivity index (χ0n) is 15.3. The van der Waals surface area contributed by atoms with E-state index in [1.807, 2.05) is 31.2 Å². The first-order chi connectivity index (χ1) is 13.6. The second-order valence-corrected chi connectivity index (χ2v) is 6.21. The van der Waals surface area contributed by atoms with Crippen molar-refractivity contribution in [1.29, 1.82) is 0 Å². The number of carbonyl (C=O) groups is 1. The largest absolute Gasteiger partial charge is 0.492 e. The van der Waals surface area contributed by atoms with E-state index in [0.717, 1.165) is 11.4 Å². The molecule has 0 atom stereocenters. The summed E-state index contributed by atoms with van der Waals surface area (Å²) in [6.07, 6.45) is 1.58. The van der Waals surface area contributed by atoms with Gasteiger partial charge in [-0.3, -0.25) is 4.79 Å². The molecule has 0 unspecified atom stereocenters. The number of hydrogen-bond donors (Lipinski definition) is 2. The van der Waals surface area contributed by atoms with Gasteiger partial charge in [0.1, 0.15) is 17.3 Å². The SMILES string of the molecule is CCOc1ccccc1Nc1ccc(NC(=O)COc2ccc(Cl)cc2)cn1. The molecule has 0 radical (unpaired) electrons. The number of para-hydroxylation sites is 2. The summed E-state index contributed by atoms with van der Waals surface area (Å²) >= 11 is 5.82. The van der Waals surface area contributed by atoms with Crippen LogP contribution in [0.3, 0.4) is 0 Å². The van der Waals surface area contributed by atoms with Gasteiger partial charge in [0.15, 0.2) is 6.61 Å². The molecule has 1 amide bonds. The number of halogens is 1. The third-order valence-electron chi connectivity index (χ3n) is 3.68. The van der Waals surface area contributed by atoms with Crippen molar-refractivity contribution in [1.82, 2.24) is 4.98 Å². The van der Waals surface area contributed by atoms with Gasteiger partial charge >= 0.3 is 0 Å². The van der Waals surface area contributed by atoms with Crippen molar-refractivity contribution in [2.45, 2.75) is 6.92 Å². The topological polar surface area (TPSA) is 72.5 Å². The van der Waals surface area contributed by atoms with Crippen LogP contribution in [0.25, 0.3) is 0 Å².